The van der Waals surface area contributed by atoms with Crippen LogP contribution in [0, 0.1) is 0 Å². The van der Waals surface area contributed by atoms with Crippen LogP contribution >= 0.6 is 33.9 Å². The number of benzene rings is 3. The molecule has 9 heteroatoms. The third-order valence-corrected chi connectivity index (χ3v) is 8.47. The Morgan fingerprint density at radius 3 is 2.24 bits per heavy atom. The van der Waals surface area contributed by atoms with Crippen LogP contribution in [-0.2, 0) is 11.2 Å². The number of carbonyl (C=O) groups excluding carboxylic acids is 2. The molecule has 1 unspecified atom stereocenters. The highest BCUT2D eigenvalue weighted by molar-refractivity contribution is 14.1. The summed E-state index contributed by atoms with van der Waals surface area (Å²) in [4.78, 5) is 32.4. The number of halogens is 1. The number of nitrogens with zero attached hydrogens (tertiary/aromatic N) is 1. The van der Waals surface area contributed by atoms with Gasteiger partial charge in [-0.3, -0.25) is 14.9 Å². The number of carbonyl (C=O) groups is 2. The molecule has 38 heavy (non-hydrogen) atoms. The van der Waals surface area contributed by atoms with Crippen molar-refractivity contribution in [2.75, 3.05) is 24.0 Å². The Hall–Kier alpha value is -3.44. The van der Waals surface area contributed by atoms with E-state index in [4.69, 9.17) is 14.5 Å². The lowest BCUT2D eigenvalue weighted by Crippen LogP contribution is -2.56. The number of nitrogens with one attached hydrogen (secondary N) is 2. The van der Waals surface area contributed by atoms with Gasteiger partial charge in [-0.2, -0.15) is 0 Å². The minimum atomic E-state index is -1.18. The Kier molecular flexibility index (Phi) is 9.01. The predicted molar refractivity (Wildman–Crippen MR) is 160 cm³/mol. The third-order valence-electron chi connectivity index (χ3n) is 5.98. The van der Waals surface area contributed by atoms with E-state index in [9.17, 15) is 9.59 Å². The van der Waals surface area contributed by atoms with E-state index in [1.54, 1.807) is 25.1 Å². The zero-order chi connectivity index (χ0) is 27.1. The van der Waals surface area contributed by atoms with Gasteiger partial charge in [0, 0.05) is 26.9 Å². The van der Waals surface area contributed by atoms with Crippen LogP contribution in [0.1, 0.15) is 27.7 Å². The van der Waals surface area contributed by atoms with Gasteiger partial charge in [0.2, 0.25) is 0 Å². The highest BCUT2D eigenvalue weighted by Crippen LogP contribution is 2.33. The fourth-order valence-electron chi connectivity index (χ4n) is 3.81. The first-order chi connectivity index (χ1) is 18.4. The lowest BCUT2D eigenvalue weighted by molar-refractivity contribution is -0.120. The molecule has 2 amide bonds. The fourth-order valence-corrected chi connectivity index (χ4v) is 5.36. The standard InChI is InChI=1S/C29H28IN3O4S/c1-29(18-30,33-26(34)21-14-15-22(36-2)23(17-21)37-3)27(35)32-28-31-25(20-12-8-5-9-13-20)24(38-28)16-19-10-6-4-7-11-19/h4-15,17H,16,18H2,1-3H3,(H,33,34)(H,31,32,35). The van der Waals surface area contributed by atoms with Gasteiger partial charge in [-0.15, -0.1) is 11.3 Å². The molecule has 0 aliphatic rings. The number of alkyl halides is 1. The molecule has 4 aromatic rings. The van der Waals surface area contributed by atoms with Gasteiger partial charge in [-0.05, 0) is 30.7 Å². The summed E-state index contributed by atoms with van der Waals surface area (Å²) >= 11 is 3.54. The van der Waals surface area contributed by atoms with E-state index in [2.05, 4.69) is 45.4 Å². The molecule has 7 nitrogen and oxygen atoms in total. The van der Waals surface area contributed by atoms with E-state index in [1.165, 1.54) is 25.6 Å². The summed E-state index contributed by atoms with van der Waals surface area (Å²) < 4.78 is 10.9. The number of aromatic nitrogens is 1. The van der Waals surface area contributed by atoms with E-state index < -0.39 is 11.4 Å². The van der Waals surface area contributed by atoms with E-state index >= 15 is 0 Å². The quantitative estimate of drug-likeness (QED) is 0.164. The summed E-state index contributed by atoms with van der Waals surface area (Å²) in [7, 11) is 3.04. The Labute approximate surface area is 239 Å². The van der Waals surface area contributed by atoms with Gasteiger partial charge < -0.3 is 14.8 Å². The molecule has 1 heterocycles. The van der Waals surface area contributed by atoms with Crippen molar-refractivity contribution in [3.63, 3.8) is 0 Å². The molecular weight excluding hydrogens is 613 g/mol. The summed E-state index contributed by atoms with van der Waals surface area (Å²) in [6.45, 7) is 1.70. The first kappa shape index (κ1) is 27.6. The van der Waals surface area contributed by atoms with Crippen molar-refractivity contribution < 1.29 is 19.1 Å². The van der Waals surface area contributed by atoms with Crippen molar-refractivity contribution in [2.24, 2.45) is 0 Å². The number of hydrogen-bond acceptors (Lipinski definition) is 6. The average Bonchev–Trinajstić information content (AvgIpc) is 3.35. The lowest BCUT2D eigenvalue weighted by atomic mass is 10.0. The van der Waals surface area contributed by atoms with Crippen molar-refractivity contribution in [1.82, 2.24) is 10.3 Å². The number of hydrogen-bond donors (Lipinski definition) is 2. The molecule has 0 fully saturated rings. The zero-order valence-corrected chi connectivity index (χ0v) is 24.3. The molecule has 0 spiro atoms. The molecular formula is C29H28IN3O4S. The second kappa shape index (κ2) is 12.4. The first-order valence-electron chi connectivity index (χ1n) is 11.9. The van der Waals surface area contributed by atoms with Gasteiger partial charge in [-0.1, -0.05) is 83.3 Å². The molecule has 0 aliphatic heterocycles. The SMILES string of the molecule is COc1ccc(C(=O)NC(C)(CI)C(=O)Nc2nc(-c3ccccc3)c(Cc3ccccc3)s2)cc1OC. The lowest BCUT2D eigenvalue weighted by Gasteiger charge is -2.27. The Bertz CT molecular complexity index is 1410. The monoisotopic (exact) mass is 641 g/mol. The average molecular weight is 642 g/mol. The van der Waals surface area contributed by atoms with Crippen molar-refractivity contribution in [3.8, 4) is 22.8 Å². The highest BCUT2D eigenvalue weighted by atomic mass is 127. The molecule has 4 rings (SSSR count). The second-order valence-electron chi connectivity index (χ2n) is 8.76. The summed E-state index contributed by atoms with van der Waals surface area (Å²) in [5, 5.41) is 6.32. The van der Waals surface area contributed by atoms with Crippen LogP contribution in [0.5, 0.6) is 11.5 Å². The topological polar surface area (TPSA) is 89.5 Å². The molecule has 3 aromatic carbocycles. The Balaban J connectivity index is 1.57. The Morgan fingerprint density at radius 2 is 1.61 bits per heavy atom. The van der Waals surface area contributed by atoms with Gasteiger partial charge in [-0.25, -0.2) is 4.98 Å². The summed E-state index contributed by atoms with van der Waals surface area (Å²) in [6, 6.07) is 24.9. The summed E-state index contributed by atoms with van der Waals surface area (Å²) in [5.41, 5.74) is 2.15. The minimum Gasteiger partial charge on any atom is -0.493 e. The Morgan fingerprint density at radius 1 is 0.947 bits per heavy atom. The summed E-state index contributed by atoms with van der Waals surface area (Å²) in [6.07, 6.45) is 0.693. The smallest absolute Gasteiger partial charge is 0.252 e. The zero-order valence-electron chi connectivity index (χ0n) is 21.3. The maximum atomic E-state index is 13.5. The number of rotatable bonds is 10. The number of anilines is 1. The molecule has 0 radical (unpaired) electrons. The van der Waals surface area contributed by atoms with Gasteiger partial charge in [0.05, 0.1) is 19.9 Å². The van der Waals surface area contributed by atoms with Crippen LogP contribution in [-0.4, -0.2) is 41.0 Å². The second-order valence-corrected chi connectivity index (χ2v) is 10.6. The number of thiazole rings is 1. The van der Waals surface area contributed by atoms with Crippen molar-refractivity contribution in [3.05, 3.63) is 94.9 Å². The highest BCUT2D eigenvalue weighted by Gasteiger charge is 2.35. The van der Waals surface area contributed by atoms with Gasteiger partial charge >= 0.3 is 0 Å². The maximum absolute atomic E-state index is 13.5. The van der Waals surface area contributed by atoms with E-state index in [0.29, 0.717) is 33.0 Å². The maximum Gasteiger partial charge on any atom is 0.252 e. The van der Waals surface area contributed by atoms with E-state index in [-0.39, 0.29) is 5.91 Å². The minimum absolute atomic E-state index is 0.347. The van der Waals surface area contributed by atoms with Crippen LogP contribution in [0.2, 0.25) is 0 Å². The van der Waals surface area contributed by atoms with Crippen LogP contribution in [0.4, 0.5) is 5.13 Å². The van der Waals surface area contributed by atoms with Gasteiger partial charge in [0.15, 0.2) is 16.6 Å². The normalized spacial score (nSPS) is 12.3. The van der Waals surface area contributed by atoms with E-state index in [1.807, 2.05) is 48.5 Å². The molecule has 1 aromatic heterocycles. The van der Waals surface area contributed by atoms with Crippen molar-refractivity contribution >= 4 is 50.9 Å². The predicted octanol–water partition coefficient (Wildman–Crippen LogP) is 5.98. The third kappa shape index (κ3) is 6.33. The van der Waals surface area contributed by atoms with Crippen molar-refractivity contribution in [1.29, 1.82) is 0 Å². The first-order valence-corrected chi connectivity index (χ1v) is 14.2. The van der Waals surface area contributed by atoms with Crippen LogP contribution in [0.25, 0.3) is 11.3 Å². The number of methoxy groups -OCH3 is 2. The molecule has 0 saturated carbocycles. The number of ether oxygens (including phenoxy) is 2. The number of amides is 2. The molecule has 0 aliphatic carbocycles. The van der Waals surface area contributed by atoms with Crippen LogP contribution in [0.3, 0.4) is 0 Å². The molecule has 196 valence electrons. The van der Waals surface area contributed by atoms with Gasteiger partial charge in [0.1, 0.15) is 5.54 Å². The molecule has 1 atom stereocenters. The van der Waals surface area contributed by atoms with Crippen molar-refractivity contribution in [2.45, 2.75) is 18.9 Å². The fraction of sp³-hybridized carbons (Fsp3) is 0.207. The van der Waals surface area contributed by atoms with Crippen LogP contribution in [0.15, 0.2) is 78.9 Å². The van der Waals surface area contributed by atoms with Crippen LogP contribution < -0.4 is 20.1 Å². The molecule has 2 N–H and O–H groups in total. The van der Waals surface area contributed by atoms with E-state index in [0.717, 1.165) is 21.7 Å². The molecule has 0 bridgehead atoms. The molecule has 0 saturated heterocycles. The largest absolute Gasteiger partial charge is 0.493 e. The summed E-state index contributed by atoms with van der Waals surface area (Å²) in [5.74, 6) is 0.209. The van der Waals surface area contributed by atoms with Gasteiger partial charge in [0.25, 0.3) is 11.8 Å².